The minimum absolute atomic E-state index is 0.0303. The second-order valence-corrected chi connectivity index (χ2v) is 9.52. The molecule has 0 unspecified atom stereocenters. The van der Waals surface area contributed by atoms with Gasteiger partial charge in [-0.1, -0.05) is 47.5 Å². The van der Waals surface area contributed by atoms with Crippen molar-refractivity contribution in [1.29, 1.82) is 0 Å². The van der Waals surface area contributed by atoms with Crippen molar-refractivity contribution in [1.82, 2.24) is 0 Å². The Kier molecular flexibility index (Phi) is 7.10. The van der Waals surface area contributed by atoms with Gasteiger partial charge in [0.05, 0.1) is 10.6 Å². The molecule has 32 heavy (non-hydrogen) atoms. The number of sulfonamides is 1. The molecule has 1 N–H and O–H groups in total. The lowest BCUT2D eigenvalue weighted by molar-refractivity contribution is -0.116. The minimum Gasteiger partial charge on any atom is -0.326 e. The van der Waals surface area contributed by atoms with Gasteiger partial charge in [-0.25, -0.2) is 8.42 Å². The van der Waals surface area contributed by atoms with Gasteiger partial charge in [-0.15, -0.1) is 0 Å². The summed E-state index contributed by atoms with van der Waals surface area (Å²) in [6.45, 7) is 5.23. The molecule has 3 aromatic carbocycles. The molecule has 0 aliphatic carbocycles. The number of hydrogen-bond donors (Lipinski definition) is 1. The van der Waals surface area contributed by atoms with Gasteiger partial charge in [-0.3, -0.25) is 13.9 Å². The van der Waals surface area contributed by atoms with Gasteiger partial charge < -0.3 is 5.32 Å². The number of aryl methyl sites for hydroxylation is 2. The van der Waals surface area contributed by atoms with Crippen LogP contribution in [-0.2, 0) is 14.8 Å². The van der Waals surface area contributed by atoms with E-state index in [4.69, 9.17) is 0 Å². The third kappa shape index (κ3) is 5.62. The SMILES string of the molecule is CC(=O)c1cccc(NC(=O)CCN(c2ccc(C)cc2)S(=O)(=O)c2ccc(C)cc2)c1. The van der Waals surface area contributed by atoms with Gasteiger partial charge in [0, 0.05) is 24.2 Å². The normalized spacial score (nSPS) is 11.1. The van der Waals surface area contributed by atoms with Gasteiger partial charge in [0.2, 0.25) is 5.91 Å². The second kappa shape index (κ2) is 9.78. The summed E-state index contributed by atoms with van der Waals surface area (Å²) in [5.41, 5.74) is 3.43. The summed E-state index contributed by atoms with van der Waals surface area (Å²) < 4.78 is 28.0. The second-order valence-electron chi connectivity index (χ2n) is 7.66. The Morgan fingerprint density at radius 2 is 1.47 bits per heavy atom. The van der Waals surface area contributed by atoms with Crippen LogP contribution in [0.2, 0.25) is 0 Å². The Morgan fingerprint density at radius 1 is 0.875 bits per heavy atom. The third-order valence-electron chi connectivity index (χ3n) is 5.03. The number of rotatable bonds is 8. The first kappa shape index (κ1) is 23.2. The van der Waals surface area contributed by atoms with Gasteiger partial charge in [0.1, 0.15) is 0 Å². The van der Waals surface area contributed by atoms with Crippen LogP contribution in [0.25, 0.3) is 0 Å². The van der Waals surface area contributed by atoms with Gasteiger partial charge in [0.25, 0.3) is 10.0 Å². The molecule has 0 spiro atoms. The van der Waals surface area contributed by atoms with Crippen LogP contribution in [0.3, 0.4) is 0 Å². The summed E-state index contributed by atoms with van der Waals surface area (Å²) in [6.07, 6.45) is -0.0523. The topological polar surface area (TPSA) is 83.6 Å². The first-order chi connectivity index (χ1) is 15.2. The van der Waals surface area contributed by atoms with Crippen molar-refractivity contribution in [3.05, 3.63) is 89.5 Å². The highest BCUT2D eigenvalue weighted by atomic mass is 32.2. The number of nitrogens with one attached hydrogen (secondary N) is 1. The lowest BCUT2D eigenvalue weighted by Gasteiger charge is -2.24. The number of nitrogens with zero attached hydrogens (tertiary/aromatic N) is 1. The van der Waals surface area contributed by atoms with Gasteiger partial charge in [0.15, 0.2) is 5.78 Å². The van der Waals surface area contributed by atoms with E-state index in [9.17, 15) is 18.0 Å². The maximum atomic E-state index is 13.4. The van der Waals surface area contributed by atoms with E-state index in [0.29, 0.717) is 16.9 Å². The highest BCUT2D eigenvalue weighted by molar-refractivity contribution is 7.92. The predicted molar refractivity (Wildman–Crippen MR) is 127 cm³/mol. The van der Waals surface area contributed by atoms with Crippen molar-refractivity contribution in [3.63, 3.8) is 0 Å². The number of carbonyl (C=O) groups is 2. The van der Waals surface area contributed by atoms with Crippen LogP contribution >= 0.6 is 0 Å². The molecule has 0 atom stereocenters. The lowest BCUT2D eigenvalue weighted by atomic mass is 10.1. The molecule has 7 heteroatoms. The van der Waals surface area contributed by atoms with Crippen LogP contribution in [0.4, 0.5) is 11.4 Å². The molecule has 0 heterocycles. The molecule has 0 saturated carbocycles. The number of hydrogen-bond acceptors (Lipinski definition) is 4. The van der Waals surface area contributed by atoms with Crippen molar-refractivity contribution in [2.45, 2.75) is 32.1 Å². The molecule has 1 amide bonds. The van der Waals surface area contributed by atoms with Crippen LogP contribution in [0, 0.1) is 13.8 Å². The molecule has 166 valence electrons. The van der Waals surface area contributed by atoms with E-state index in [1.54, 1.807) is 60.7 Å². The standard InChI is InChI=1S/C25H26N2O4S/c1-18-7-11-23(12-8-18)27(32(30,31)24-13-9-19(2)10-14-24)16-15-25(29)26-22-6-4-5-21(17-22)20(3)28/h4-14,17H,15-16H2,1-3H3,(H,26,29). The molecule has 0 aliphatic heterocycles. The summed E-state index contributed by atoms with van der Waals surface area (Å²) in [5.74, 6) is -0.447. The number of Topliss-reactive ketones (excluding diaryl/α,β-unsaturated/α-hetero) is 1. The quantitative estimate of drug-likeness (QED) is 0.503. The maximum absolute atomic E-state index is 13.4. The number of carbonyl (C=O) groups excluding carboxylic acids is 2. The number of anilines is 2. The molecular weight excluding hydrogens is 424 g/mol. The highest BCUT2D eigenvalue weighted by Crippen LogP contribution is 2.25. The van der Waals surface area contributed by atoms with Crippen molar-refractivity contribution in [2.24, 2.45) is 0 Å². The van der Waals surface area contributed by atoms with E-state index in [0.717, 1.165) is 11.1 Å². The summed E-state index contributed by atoms with van der Waals surface area (Å²) in [6, 6.07) is 20.4. The van der Waals surface area contributed by atoms with Crippen LogP contribution in [0.5, 0.6) is 0 Å². The zero-order chi connectivity index (χ0) is 23.3. The highest BCUT2D eigenvalue weighted by Gasteiger charge is 2.25. The van der Waals surface area contributed by atoms with E-state index in [2.05, 4.69) is 5.32 Å². The Hall–Kier alpha value is -3.45. The average Bonchev–Trinajstić information content (AvgIpc) is 2.75. The van der Waals surface area contributed by atoms with Crippen molar-refractivity contribution < 1.29 is 18.0 Å². The molecule has 0 aliphatic rings. The van der Waals surface area contributed by atoms with E-state index in [1.807, 2.05) is 26.0 Å². The zero-order valence-corrected chi connectivity index (χ0v) is 19.1. The smallest absolute Gasteiger partial charge is 0.264 e. The average molecular weight is 451 g/mol. The van der Waals surface area contributed by atoms with Crippen LogP contribution in [-0.4, -0.2) is 26.7 Å². The van der Waals surface area contributed by atoms with Crippen molar-refractivity contribution in [3.8, 4) is 0 Å². The lowest BCUT2D eigenvalue weighted by Crippen LogP contribution is -2.34. The molecule has 3 rings (SSSR count). The Morgan fingerprint density at radius 3 is 2.06 bits per heavy atom. The fraction of sp³-hybridized carbons (Fsp3) is 0.200. The van der Waals surface area contributed by atoms with Gasteiger partial charge in [-0.2, -0.15) is 0 Å². The van der Waals surface area contributed by atoms with Crippen molar-refractivity contribution in [2.75, 3.05) is 16.2 Å². The monoisotopic (exact) mass is 450 g/mol. The molecule has 0 radical (unpaired) electrons. The predicted octanol–water partition coefficient (Wildman–Crippen LogP) is 4.73. The fourth-order valence-corrected chi connectivity index (χ4v) is 4.64. The van der Waals surface area contributed by atoms with Crippen molar-refractivity contribution >= 4 is 33.1 Å². The third-order valence-corrected chi connectivity index (χ3v) is 6.87. The molecule has 0 aromatic heterocycles. The molecular formula is C25H26N2O4S. The molecule has 0 bridgehead atoms. The Labute approximate surface area is 188 Å². The summed E-state index contributed by atoms with van der Waals surface area (Å²) in [7, 11) is -3.86. The maximum Gasteiger partial charge on any atom is 0.264 e. The largest absolute Gasteiger partial charge is 0.326 e. The number of benzene rings is 3. The van der Waals surface area contributed by atoms with Gasteiger partial charge >= 0.3 is 0 Å². The van der Waals surface area contributed by atoms with E-state index in [1.165, 1.54) is 11.2 Å². The Balaban J connectivity index is 1.82. The number of ketones is 1. The molecule has 0 fully saturated rings. The zero-order valence-electron chi connectivity index (χ0n) is 18.3. The van der Waals surface area contributed by atoms with Crippen LogP contribution in [0.1, 0.15) is 34.8 Å². The van der Waals surface area contributed by atoms with Crippen LogP contribution in [0.15, 0.2) is 77.7 Å². The van der Waals surface area contributed by atoms with Gasteiger partial charge in [-0.05, 0) is 57.2 Å². The van der Waals surface area contributed by atoms with E-state index >= 15 is 0 Å². The summed E-state index contributed by atoms with van der Waals surface area (Å²) in [4.78, 5) is 24.3. The molecule has 0 saturated heterocycles. The summed E-state index contributed by atoms with van der Waals surface area (Å²) >= 11 is 0. The minimum atomic E-state index is -3.86. The Bertz CT molecular complexity index is 1220. The first-order valence-electron chi connectivity index (χ1n) is 10.2. The van der Waals surface area contributed by atoms with E-state index in [-0.39, 0.29) is 29.6 Å². The molecule has 3 aromatic rings. The summed E-state index contributed by atoms with van der Waals surface area (Å²) in [5, 5.41) is 2.74. The fourth-order valence-electron chi connectivity index (χ4n) is 3.18. The van der Waals surface area contributed by atoms with Crippen LogP contribution < -0.4 is 9.62 Å². The number of amides is 1. The first-order valence-corrected chi connectivity index (χ1v) is 11.7. The molecule has 6 nitrogen and oxygen atoms in total. The van der Waals surface area contributed by atoms with E-state index < -0.39 is 10.0 Å².